The van der Waals surface area contributed by atoms with E-state index in [1.165, 1.54) is 0 Å². The Morgan fingerprint density at radius 1 is 1.00 bits per heavy atom. The van der Waals surface area contributed by atoms with Gasteiger partial charge in [0, 0.05) is 21.9 Å². The average Bonchev–Trinajstić information content (AvgIpc) is 2.54. The number of hydrogen-bond donors (Lipinski definition) is 0. The fourth-order valence-corrected chi connectivity index (χ4v) is 1.94. The van der Waals surface area contributed by atoms with Crippen LogP contribution in [-0.4, -0.2) is 17.7 Å². The summed E-state index contributed by atoms with van der Waals surface area (Å²) in [7, 11) is 0. The number of rotatable bonds is 6. The van der Waals surface area contributed by atoms with E-state index in [2.05, 4.69) is 29.8 Å². The summed E-state index contributed by atoms with van der Waals surface area (Å²) >= 11 is 3.48. The zero-order chi connectivity index (χ0) is 15.3. The Morgan fingerprint density at radius 3 is 2.14 bits per heavy atom. The van der Waals surface area contributed by atoms with Crippen LogP contribution in [0.1, 0.15) is 29.8 Å². The van der Waals surface area contributed by atoms with Gasteiger partial charge in [0.15, 0.2) is 5.78 Å². The third-order valence-electron chi connectivity index (χ3n) is 3.14. The zero-order valence-electron chi connectivity index (χ0n) is 12.3. The summed E-state index contributed by atoms with van der Waals surface area (Å²) in [6.07, 6.45) is 0. The van der Waals surface area contributed by atoms with Gasteiger partial charge >= 0.3 is 0 Å². The summed E-state index contributed by atoms with van der Waals surface area (Å²) in [5.41, 5.74) is 1.46. The molecule has 3 heteroatoms. The van der Waals surface area contributed by atoms with Gasteiger partial charge in [-0.05, 0) is 24.3 Å². The van der Waals surface area contributed by atoms with Crippen molar-refractivity contribution in [3.8, 4) is 5.75 Å². The van der Waals surface area contributed by atoms with Gasteiger partial charge in [0.25, 0.3) is 0 Å². The molecule has 0 fully saturated rings. The van der Waals surface area contributed by atoms with E-state index < -0.39 is 0 Å². The van der Waals surface area contributed by atoms with E-state index in [0.29, 0.717) is 17.7 Å². The van der Waals surface area contributed by atoms with Gasteiger partial charge in [0.1, 0.15) is 5.75 Å². The lowest BCUT2D eigenvalue weighted by molar-refractivity contribution is 0.103. The van der Waals surface area contributed by atoms with Gasteiger partial charge in [-0.25, -0.2) is 0 Å². The van der Waals surface area contributed by atoms with Gasteiger partial charge in [-0.15, -0.1) is 0 Å². The summed E-state index contributed by atoms with van der Waals surface area (Å²) in [5.74, 6) is 0.816. The summed E-state index contributed by atoms with van der Waals surface area (Å²) < 4.78 is 5.76. The number of halogens is 1. The second-order valence-electron chi connectivity index (χ2n) is 5.81. The molecule has 0 aromatic heterocycles. The van der Waals surface area contributed by atoms with Crippen molar-refractivity contribution in [2.45, 2.75) is 13.8 Å². The first kappa shape index (κ1) is 15.8. The first-order valence-electron chi connectivity index (χ1n) is 6.90. The standard InChI is InChI=1S/C18H19BrO2/c1-18(2,12-19)13-21-16-10-8-15(9-11-16)17(20)14-6-4-3-5-7-14/h3-11H,12-13H2,1-2H3. The second kappa shape index (κ2) is 6.90. The molecule has 2 rings (SSSR count). The maximum absolute atomic E-state index is 12.3. The normalized spacial score (nSPS) is 11.2. The number of ketones is 1. The lowest BCUT2D eigenvalue weighted by Crippen LogP contribution is -2.22. The second-order valence-corrected chi connectivity index (χ2v) is 6.37. The van der Waals surface area contributed by atoms with E-state index in [4.69, 9.17) is 4.74 Å². The maximum Gasteiger partial charge on any atom is 0.193 e. The minimum absolute atomic E-state index is 0.0305. The van der Waals surface area contributed by atoms with E-state index in [1.807, 2.05) is 54.6 Å². The first-order chi connectivity index (χ1) is 10.0. The molecule has 0 unspecified atom stereocenters. The fraction of sp³-hybridized carbons (Fsp3) is 0.278. The van der Waals surface area contributed by atoms with Crippen molar-refractivity contribution >= 4 is 21.7 Å². The van der Waals surface area contributed by atoms with Crippen LogP contribution in [0.15, 0.2) is 54.6 Å². The number of carbonyl (C=O) groups excluding carboxylic acids is 1. The smallest absolute Gasteiger partial charge is 0.193 e. The van der Waals surface area contributed by atoms with Crippen molar-refractivity contribution in [3.05, 3.63) is 65.7 Å². The SMILES string of the molecule is CC(C)(CBr)COc1ccc(C(=O)c2ccccc2)cc1. The highest BCUT2D eigenvalue weighted by atomic mass is 79.9. The zero-order valence-corrected chi connectivity index (χ0v) is 13.9. The Morgan fingerprint density at radius 2 is 1.57 bits per heavy atom. The lowest BCUT2D eigenvalue weighted by Gasteiger charge is -2.21. The quantitative estimate of drug-likeness (QED) is 0.558. The average molecular weight is 347 g/mol. The van der Waals surface area contributed by atoms with Gasteiger partial charge in [-0.1, -0.05) is 60.1 Å². The van der Waals surface area contributed by atoms with Crippen molar-refractivity contribution in [3.63, 3.8) is 0 Å². The third-order valence-corrected chi connectivity index (χ3v) is 4.66. The molecule has 110 valence electrons. The van der Waals surface area contributed by atoms with Gasteiger partial charge in [-0.3, -0.25) is 4.79 Å². The molecule has 21 heavy (non-hydrogen) atoms. The molecule has 0 aliphatic heterocycles. The molecule has 0 atom stereocenters. The van der Waals surface area contributed by atoms with Crippen LogP contribution >= 0.6 is 15.9 Å². The molecule has 0 amide bonds. The summed E-state index contributed by atoms with van der Waals surface area (Å²) in [5, 5.41) is 0.880. The van der Waals surface area contributed by atoms with Crippen molar-refractivity contribution < 1.29 is 9.53 Å². The predicted molar refractivity (Wildman–Crippen MR) is 89.4 cm³/mol. The van der Waals surface area contributed by atoms with Crippen LogP contribution in [0.3, 0.4) is 0 Å². The fourth-order valence-electron chi connectivity index (χ4n) is 1.78. The molecule has 0 aliphatic carbocycles. The Bertz CT molecular complexity index is 588. The molecule has 0 bridgehead atoms. The predicted octanol–water partition coefficient (Wildman–Crippen LogP) is 4.72. The summed E-state index contributed by atoms with van der Waals surface area (Å²) in [6, 6.07) is 16.6. The number of alkyl halides is 1. The Labute approximate surface area is 134 Å². The molecule has 0 saturated carbocycles. The highest BCUT2D eigenvalue weighted by Crippen LogP contribution is 2.21. The van der Waals surface area contributed by atoms with Crippen LogP contribution in [0.5, 0.6) is 5.75 Å². The molecule has 0 radical (unpaired) electrons. The topological polar surface area (TPSA) is 26.3 Å². The third kappa shape index (κ3) is 4.43. The van der Waals surface area contributed by atoms with E-state index in [0.717, 1.165) is 11.1 Å². The molecular formula is C18H19BrO2. The van der Waals surface area contributed by atoms with Crippen molar-refractivity contribution in [2.75, 3.05) is 11.9 Å². The Hall–Kier alpha value is -1.61. The van der Waals surface area contributed by atoms with Crippen LogP contribution in [-0.2, 0) is 0 Å². The van der Waals surface area contributed by atoms with Crippen LogP contribution in [0, 0.1) is 5.41 Å². The van der Waals surface area contributed by atoms with E-state index in [-0.39, 0.29) is 11.2 Å². The van der Waals surface area contributed by atoms with Crippen LogP contribution in [0.2, 0.25) is 0 Å². The van der Waals surface area contributed by atoms with E-state index in [9.17, 15) is 4.79 Å². The highest BCUT2D eigenvalue weighted by Gasteiger charge is 2.17. The molecule has 2 aromatic carbocycles. The Balaban J connectivity index is 2.04. The first-order valence-corrected chi connectivity index (χ1v) is 8.02. The number of hydrogen-bond acceptors (Lipinski definition) is 2. The maximum atomic E-state index is 12.3. The molecule has 0 aliphatic rings. The molecule has 0 saturated heterocycles. The molecule has 0 spiro atoms. The van der Waals surface area contributed by atoms with Crippen LogP contribution in [0.25, 0.3) is 0 Å². The van der Waals surface area contributed by atoms with E-state index >= 15 is 0 Å². The van der Waals surface area contributed by atoms with Crippen molar-refractivity contribution in [2.24, 2.45) is 5.41 Å². The Kier molecular flexibility index (Phi) is 5.18. The summed E-state index contributed by atoms with van der Waals surface area (Å²) in [4.78, 5) is 12.3. The number of benzene rings is 2. The molecule has 2 aromatic rings. The molecular weight excluding hydrogens is 328 g/mol. The summed E-state index contributed by atoms with van der Waals surface area (Å²) in [6.45, 7) is 4.90. The molecule has 2 nitrogen and oxygen atoms in total. The largest absolute Gasteiger partial charge is 0.493 e. The van der Waals surface area contributed by atoms with Crippen LogP contribution in [0.4, 0.5) is 0 Å². The number of ether oxygens (including phenoxy) is 1. The van der Waals surface area contributed by atoms with Crippen LogP contribution < -0.4 is 4.74 Å². The monoisotopic (exact) mass is 346 g/mol. The minimum atomic E-state index is 0.0305. The van der Waals surface area contributed by atoms with Crippen molar-refractivity contribution in [1.29, 1.82) is 0 Å². The van der Waals surface area contributed by atoms with Crippen molar-refractivity contribution in [1.82, 2.24) is 0 Å². The van der Waals surface area contributed by atoms with Gasteiger partial charge in [0.2, 0.25) is 0 Å². The molecule has 0 heterocycles. The van der Waals surface area contributed by atoms with Gasteiger partial charge in [0.05, 0.1) is 6.61 Å². The highest BCUT2D eigenvalue weighted by molar-refractivity contribution is 9.09. The minimum Gasteiger partial charge on any atom is -0.493 e. The van der Waals surface area contributed by atoms with E-state index in [1.54, 1.807) is 0 Å². The van der Waals surface area contributed by atoms with Gasteiger partial charge < -0.3 is 4.74 Å². The number of carbonyl (C=O) groups is 1. The van der Waals surface area contributed by atoms with Gasteiger partial charge in [-0.2, -0.15) is 0 Å². The molecule has 0 N–H and O–H groups in total. The lowest BCUT2D eigenvalue weighted by atomic mass is 9.98.